The molecule has 1 aliphatic rings. The molecule has 1 nitrogen and oxygen atoms in total. The predicted molar refractivity (Wildman–Crippen MR) is 66.4 cm³/mol. The molecule has 0 spiro atoms. The van der Waals surface area contributed by atoms with Crippen molar-refractivity contribution in [1.29, 1.82) is 0 Å². The molecule has 2 rings (SSSR count). The van der Waals surface area contributed by atoms with Crippen LogP contribution in [0.2, 0.25) is 0 Å². The average Bonchev–Trinajstić information content (AvgIpc) is 2.39. The molecule has 1 aromatic carbocycles. The lowest BCUT2D eigenvalue weighted by Crippen LogP contribution is -2.33. The van der Waals surface area contributed by atoms with Gasteiger partial charge in [-0.2, -0.15) is 0 Å². The summed E-state index contributed by atoms with van der Waals surface area (Å²) in [5.41, 5.74) is 4.21. The molecule has 81 valence electrons. The molecule has 0 fully saturated rings. The maximum atomic E-state index is 4.01. The van der Waals surface area contributed by atoms with E-state index in [0.29, 0.717) is 6.04 Å². The molecule has 1 heteroatoms. The Hall–Kier alpha value is -0.980. The smallest absolute Gasteiger partial charge is 0.0407 e. The number of benzene rings is 1. The number of hydrogen-bond acceptors (Lipinski definition) is 1. The van der Waals surface area contributed by atoms with Crippen LogP contribution in [0.15, 0.2) is 18.2 Å². The van der Waals surface area contributed by atoms with Crippen LogP contribution in [-0.4, -0.2) is 12.6 Å². The first-order valence-electron chi connectivity index (χ1n) is 5.65. The lowest BCUT2D eigenvalue weighted by atomic mass is 9.86. The van der Waals surface area contributed by atoms with Crippen LogP contribution in [0, 0.1) is 6.92 Å². The molecule has 1 radical (unpaired) electrons. The van der Waals surface area contributed by atoms with Crippen molar-refractivity contribution in [2.24, 2.45) is 0 Å². The molecule has 0 amide bonds. The Morgan fingerprint density at radius 1 is 1.33 bits per heavy atom. The third-order valence-electron chi connectivity index (χ3n) is 3.29. The Morgan fingerprint density at radius 2 is 2.00 bits per heavy atom. The van der Waals surface area contributed by atoms with Crippen LogP contribution in [0.1, 0.15) is 38.8 Å². The molecular formula is C14H20N. The van der Waals surface area contributed by atoms with E-state index in [1.165, 1.54) is 11.3 Å². The fourth-order valence-corrected chi connectivity index (χ4v) is 2.43. The fourth-order valence-electron chi connectivity index (χ4n) is 2.43. The van der Waals surface area contributed by atoms with Gasteiger partial charge in [0.05, 0.1) is 0 Å². The molecule has 1 aromatic rings. The van der Waals surface area contributed by atoms with Gasteiger partial charge in [0.1, 0.15) is 0 Å². The Labute approximate surface area is 93.1 Å². The van der Waals surface area contributed by atoms with Gasteiger partial charge in [-0.25, -0.2) is 0 Å². The highest BCUT2D eigenvalue weighted by atomic mass is 15.2. The van der Waals surface area contributed by atoms with Crippen molar-refractivity contribution in [3.8, 4) is 0 Å². The van der Waals surface area contributed by atoms with E-state index in [0.717, 1.165) is 12.1 Å². The van der Waals surface area contributed by atoms with E-state index in [2.05, 4.69) is 57.7 Å². The van der Waals surface area contributed by atoms with Crippen molar-refractivity contribution in [1.82, 2.24) is 0 Å². The second-order valence-corrected chi connectivity index (χ2v) is 5.46. The molecule has 0 N–H and O–H groups in total. The normalized spacial score (nSPS) is 18.4. The zero-order chi connectivity index (χ0) is 11.2. The zero-order valence-corrected chi connectivity index (χ0v) is 10.2. The molecule has 1 heterocycles. The third-order valence-corrected chi connectivity index (χ3v) is 3.29. The molecule has 0 aromatic heterocycles. The Morgan fingerprint density at radius 3 is 2.60 bits per heavy atom. The van der Waals surface area contributed by atoms with Crippen molar-refractivity contribution in [2.75, 3.05) is 11.4 Å². The average molecular weight is 202 g/mol. The van der Waals surface area contributed by atoms with Crippen molar-refractivity contribution in [2.45, 2.75) is 39.2 Å². The van der Waals surface area contributed by atoms with Crippen LogP contribution in [-0.2, 0) is 5.41 Å². The molecular weight excluding hydrogens is 182 g/mol. The summed E-state index contributed by atoms with van der Waals surface area (Å²) in [4.78, 5) is 2.48. The maximum absolute atomic E-state index is 4.01. The van der Waals surface area contributed by atoms with Crippen molar-refractivity contribution >= 4 is 5.69 Å². The Bertz CT molecular complexity index is 377. The summed E-state index contributed by atoms with van der Waals surface area (Å²) in [7, 11) is 0. The van der Waals surface area contributed by atoms with E-state index in [4.69, 9.17) is 0 Å². The first-order valence-corrected chi connectivity index (χ1v) is 5.65. The number of nitrogens with zero attached hydrogens (tertiary/aromatic N) is 1. The van der Waals surface area contributed by atoms with Gasteiger partial charge < -0.3 is 4.90 Å². The van der Waals surface area contributed by atoms with Crippen LogP contribution >= 0.6 is 0 Å². The van der Waals surface area contributed by atoms with Gasteiger partial charge in [-0.15, -0.1) is 0 Å². The molecule has 0 saturated carbocycles. The first kappa shape index (κ1) is 10.5. The minimum Gasteiger partial charge on any atom is -0.368 e. The van der Waals surface area contributed by atoms with E-state index in [1.807, 2.05) is 0 Å². The fraction of sp³-hybridized carbons (Fsp3) is 0.500. The van der Waals surface area contributed by atoms with Gasteiger partial charge >= 0.3 is 0 Å². The van der Waals surface area contributed by atoms with Crippen LogP contribution in [0.25, 0.3) is 0 Å². The quantitative estimate of drug-likeness (QED) is 0.675. The summed E-state index contributed by atoms with van der Waals surface area (Å²) in [6, 6.07) is 7.13. The van der Waals surface area contributed by atoms with E-state index < -0.39 is 0 Å². The van der Waals surface area contributed by atoms with Crippen molar-refractivity contribution in [3.63, 3.8) is 0 Å². The molecule has 0 saturated heterocycles. The lowest BCUT2D eigenvalue weighted by molar-refractivity contribution is 0.531. The van der Waals surface area contributed by atoms with Gasteiger partial charge in [-0.05, 0) is 38.0 Å². The van der Waals surface area contributed by atoms with Gasteiger partial charge in [0.15, 0.2) is 0 Å². The topological polar surface area (TPSA) is 3.24 Å². The highest BCUT2D eigenvalue weighted by molar-refractivity contribution is 5.63. The minimum absolute atomic E-state index is 0.257. The number of rotatable bonds is 1. The molecule has 15 heavy (non-hydrogen) atoms. The van der Waals surface area contributed by atoms with Crippen LogP contribution in [0.5, 0.6) is 0 Å². The molecule has 1 aliphatic heterocycles. The standard InChI is InChI=1S/C14H20N/c1-10(2)15-9-14(4,5)12-8-11(3)6-7-13(12)15/h6-8,10H,3,9H2,1-2,4-5H3. The maximum Gasteiger partial charge on any atom is 0.0407 e. The van der Waals surface area contributed by atoms with Gasteiger partial charge in [0.25, 0.3) is 0 Å². The molecule has 0 unspecified atom stereocenters. The monoisotopic (exact) mass is 202 g/mol. The highest BCUT2D eigenvalue weighted by Gasteiger charge is 2.35. The largest absolute Gasteiger partial charge is 0.368 e. The third kappa shape index (κ3) is 1.64. The van der Waals surface area contributed by atoms with Crippen molar-refractivity contribution in [3.05, 3.63) is 36.2 Å². The molecule has 0 bridgehead atoms. The number of hydrogen-bond donors (Lipinski definition) is 0. The van der Waals surface area contributed by atoms with Gasteiger partial charge in [-0.1, -0.05) is 26.0 Å². The van der Waals surface area contributed by atoms with Gasteiger partial charge in [0.2, 0.25) is 0 Å². The van der Waals surface area contributed by atoms with E-state index in [-0.39, 0.29) is 5.41 Å². The molecule has 0 aliphatic carbocycles. The van der Waals surface area contributed by atoms with Gasteiger partial charge in [-0.3, -0.25) is 0 Å². The number of anilines is 1. The summed E-state index contributed by atoms with van der Waals surface area (Å²) in [5.74, 6) is 0. The lowest BCUT2D eigenvalue weighted by Gasteiger charge is -2.26. The summed E-state index contributed by atoms with van der Waals surface area (Å²) < 4.78 is 0. The second kappa shape index (κ2) is 3.26. The zero-order valence-electron chi connectivity index (χ0n) is 10.2. The van der Waals surface area contributed by atoms with Crippen LogP contribution in [0.4, 0.5) is 5.69 Å². The first-order chi connectivity index (χ1) is 6.92. The Kier molecular flexibility index (Phi) is 2.29. The summed E-state index contributed by atoms with van der Waals surface area (Å²) in [6.45, 7) is 14.3. The number of fused-ring (bicyclic) bond motifs is 1. The SMILES string of the molecule is [CH2]c1ccc2c(c1)C(C)(C)CN2C(C)C. The van der Waals surface area contributed by atoms with Crippen LogP contribution < -0.4 is 4.90 Å². The van der Waals surface area contributed by atoms with Crippen LogP contribution in [0.3, 0.4) is 0 Å². The predicted octanol–water partition coefficient (Wildman–Crippen LogP) is 3.37. The van der Waals surface area contributed by atoms with Crippen molar-refractivity contribution < 1.29 is 0 Å². The minimum atomic E-state index is 0.257. The summed E-state index contributed by atoms with van der Waals surface area (Å²) in [6.07, 6.45) is 0. The highest BCUT2D eigenvalue weighted by Crippen LogP contribution is 2.41. The van der Waals surface area contributed by atoms with E-state index >= 15 is 0 Å². The van der Waals surface area contributed by atoms with E-state index in [1.54, 1.807) is 0 Å². The van der Waals surface area contributed by atoms with Gasteiger partial charge in [0, 0.05) is 23.7 Å². The summed E-state index contributed by atoms with van der Waals surface area (Å²) >= 11 is 0. The Balaban J connectivity index is 2.53. The second-order valence-electron chi connectivity index (χ2n) is 5.46. The summed E-state index contributed by atoms with van der Waals surface area (Å²) in [5, 5.41) is 0. The van der Waals surface area contributed by atoms with E-state index in [9.17, 15) is 0 Å². The molecule has 0 atom stereocenters.